The lowest BCUT2D eigenvalue weighted by Crippen LogP contribution is -2.34. The van der Waals surface area contributed by atoms with Gasteiger partial charge in [0, 0.05) is 6.04 Å². The molecule has 1 unspecified atom stereocenters. The minimum Gasteiger partial charge on any atom is -0.314 e. The minimum absolute atomic E-state index is 0.0791. The highest BCUT2D eigenvalue weighted by Crippen LogP contribution is 2.30. The van der Waals surface area contributed by atoms with Crippen molar-refractivity contribution in [3.8, 4) is 0 Å². The Bertz CT molecular complexity index is 396. The second kappa shape index (κ2) is 7.78. The van der Waals surface area contributed by atoms with Crippen molar-refractivity contribution in [1.29, 1.82) is 0 Å². The van der Waals surface area contributed by atoms with E-state index in [9.17, 15) is 4.39 Å². The van der Waals surface area contributed by atoms with Crippen LogP contribution in [0.25, 0.3) is 0 Å². The molecule has 0 aliphatic heterocycles. The molecule has 1 aromatic rings. The molecule has 1 aromatic carbocycles. The van der Waals surface area contributed by atoms with E-state index in [0.717, 1.165) is 30.4 Å². The maximum Gasteiger partial charge on any atom is 0.126 e. The average molecular weight is 277 g/mol. The Balaban J connectivity index is 1.70. The molecule has 1 atom stereocenters. The Morgan fingerprint density at radius 2 is 1.80 bits per heavy atom. The van der Waals surface area contributed by atoms with E-state index in [1.54, 1.807) is 12.1 Å². The molecule has 0 radical (unpaired) electrons. The fourth-order valence-corrected chi connectivity index (χ4v) is 3.28. The van der Waals surface area contributed by atoms with Crippen LogP contribution >= 0.6 is 0 Å². The zero-order valence-corrected chi connectivity index (χ0v) is 12.9. The Labute approximate surface area is 123 Å². The average Bonchev–Trinajstić information content (AvgIpc) is 2.48. The highest BCUT2D eigenvalue weighted by Gasteiger charge is 2.20. The molecule has 1 saturated carbocycles. The Morgan fingerprint density at radius 1 is 1.15 bits per heavy atom. The summed E-state index contributed by atoms with van der Waals surface area (Å²) in [6.07, 6.45) is 7.62. The molecule has 0 aromatic heterocycles. The molecule has 0 spiro atoms. The summed E-state index contributed by atoms with van der Waals surface area (Å²) >= 11 is 0. The van der Waals surface area contributed by atoms with E-state index in [0.29, 0.717) is 6.04 Å². The van der Waals surface area contributed by atoms with Gasteiger partial charge in [-0.25, -0.2) is 4.39 Å². The molecule has 112 valence electrons. The SMILES string of the molecule is CCC1CCC(CNC(C)Cc2ccccc2F)CC1. The summed E-state index contributed by atoms with van der Waals surface area (Å²) in [6.45, 7) is 5.55. The summed E-state index contributed by atoms with van der Waals surface area (Å²) in [7, 11) is 0. The first-order chi connectivity index (χ1) is 9.69. The smallest absolute Gasteiger partial charge is 0.126 e. The molecule has 1 nitrogen and oxygen atoms in total. The fraction of sp³-hybridized carbons (Fsp3) is 0.667. The molecular weight excluding hydrogens is 249 g/mol. The quantitative estimate of drug-likeness (QED) is 0.803. The fourth-order valence-electron chi connectivity index (χ4n) is 3.28. The monoisotopic (exact) mass is 277 g/mol. The van der Waals surface area contributed by atoms with Crippen molar-refractivity contribution >= 4 is 0 Å². The standard InChI is InChI=1S/C18H28FN/c1-3-15-8-10-16(11-9-15)13-20-14(2)12-17-6-4-5-7-18(17)19/h4-7,14-16,20H,3,8-13H2,1-2H3. The van der Waals surface area contributed by atoms with Crippen LogP contribution < -0.4 is 5.32 Å². The Morgan fingerprint density at radius 3 is 2.45 bits per heavy atom. The highest BCUT2D eigenvalue weighted by molar-refractivity contribution is 5.18. The first-order valence-corrected chi connectivity index (χ1v) is 8.15. The lowest BCUT2D eigenvalue weighted by atomic mass is 9.81. The second-order valence-corrected chi connectivity index (χ2v) is 6.40. The van der Waals surface area contributed by atoms with E-state index in [-0.39, 0.29) is 5.82 Å². The maximum atomic E-state index is 13.6. The molecule has 0 amide bonds. The van der Waals surface area contributed by atoms with Gasteiger partial charge in [0.1, 0.15) is 5.82 Å². The van der Waals surface area contributed by atoms with Crippen molar-refractivity contribution in [2.24, 2.45) is 11.8 Å². The number of rotatable bonds is 6. The number of hydrogen-bond acceptors (Lipinski definition) is 1. The predicted octanol–water partition coefficient (Wildman–Crippen LogP) is 4.56. The molecule has 0 heterocycles. The van der Waals surface area contributed by atoms with Gasteiger partial charge in [-0.05, 0) is 56.2 Å². The summed E-state index contributed by atoms with van der Waals surface area (Å²) in [5.74, 6) is 1.70. The van der Waals surface area contributed by atoms with Gasteiger partial charge in [0.2, 0.25) is 0 Å². The van der Waals surface area contributed by atoms with E-state index in [1.807, 2.05) is 12.1 Å². The van der Waals surface area contributed by atoms with Crippen molar-refractivity contribution in [2.45, 2.75) is 58.4 Å². The Kier molecular flexibility index (Phi) is 6.03. The van der Waals surface area contributed by atoms with Gasteiger partial charge in [-0.3, -0.25) is 0 Å². The number of benzene rings is 1. The molecule has 20 heavy (non-hydrogen) atoms. The van der Waals surface area contributed by atoms with Crippen LogP contribution in [0.4, 0.5) is 4.39 Å². The maximum absolute atomic E-state index is 13.6. The minimum atomic E-state index is -0.0791. The van der Waals surface area contributed by atoms with E-state index in [1.165, 1.54) is 32.1 Å². The van der Waals surface area contributed by atoms with Gasteiger partial charge in [0.05, 0.1) is 0 Å². The van der Waals surface area contributed by atoms with Gasteiger partial charge >= 0.3 is 0 Å². The number of halogens is 1. The molecular formula is C18H28FN. The van der Waals surface area contributed by atoms with Crippen molar-refractivity contribution in [3.05, 3.63) is 35.6 Å². The topological polar surface area (TPSA) is 12.0 Å². The molecule has 1 fully saturated rings. The third-order valence-electron chi connectivity index (χ3n) is 4.78. The van der Waals surface area contributed by atoms with Gasteiger partial charge in [0.25, 0.3) is 0 Å². The van der Waals surface area contributed by atoms with Crippen LogP contribution in [-0.2, 0) is 6.42 Å². The highest BCUT2D eigenvalue weighted by atomic mass is 19.1. The van der Waals surface area contributed by atoms with Gasteiger partial charge in [-0.2, -0.15) is 0 Å². The van der Waals surface area contributed by atoms with Crippen molar-refractivity contribution in [1.82, 2.24) is 5.32 Å². The van der Waals surface area contributed by atoms with Crippen molar-refractivity contribution < 1.29 is 4.39 Å². The van der Waals surface area contributed by atoms with Gasteiger partial charge in [-0.15, -0.1) is 0 Å². The van der Waals surface area contributed by atoms with E-state index < -0.39 is 0 Å². The zero-order valence-electron chi connectivity index (χ0n) is 12.9. The van der Waals surface area contributed by atoms with Gasteiger partial charge < -0.3 is 5.32 Å². The second-order valence-electron chi connectivity index (χ2n) is 6.40. The molecule has 1 N–H and O–H groups in total. The first-order valence-electron chi connectivity index (χ1n) is 8.15. The van der Waals surface area contributed by atoms with Crippen molar-refractivity contribution in [3.63, 3.8) is 0 Å². The summed E-state index contributed by atoms with van der Waals surface area (Å²) in [6, 6.07) is 7.45. The molecule has 2 rings (SSSR count). The third-order valence-corrected chi connectivity index (χ3v) is 4.78. The normalized spacial score (nSPS) is 24.6. The van der Waals surface area contributed by atoms with E-state index >= 15 is 0 Å². The predicted molar refractivity (Wildman–Crippen MR) is 83.3 cm³/mol. The molecule has 2 heteroatoms. The van der Waals surface area contributed by atoms with Crippen LogP contribution in [0.2, 0.25) is 0 Å². The lowest BCUT2D eigenvalue weighted by molar-refractivity contribution is 0.257. The van der Waals surface area contributed by atoms with Crippen LogP contribution in [0.5, 0.6) is 0 Å². The van der Waals surface area contributed by atoms with E-state index in [2.05, 4.69) is 19.2 Å². The number of nitrogens with one attached hydrogen (secondary N) is 1. The molecule has 1 aliphatic carbocycles. The summed E-state index contributed by atoms with van der Waals surface area (Å²) in [5, 5.41) is 3.59. The molecule has 0 saturated heterocycles. The van der Waals surface area contributed by atoms with Crippen LogP contribution in [-0.4, -0.2) is 12.6 Å². The summed E-state index contributed by atoms with van der Waals surface area (Å²) < 4.78 is 13.6. The Hall–Kier alpha value is -0.890. The summed E-state index contributed by atoms with van der Waals surface area (Å²) in [5.41, 5.74) is 0.821. The summed E-state index contributed by atoms with van der Waals surface area (Å²) in [4.78, 5) is 0. The largest absolute Gasteiger partial charge is 0.314 e. The molecule has 1 aliphatic rings. The van der Waals surface area contributed by atoms with Crippen LogP contribution in [0.15, 0.2) is 24.3 Å². The molecule has 0 bridgehead atoms. The first kappa shape index (κ1) is 15.5. The lowest BCUT2D eigenvalue weighted by Gasteiger charge is -2.29. The van der Waals surface area contributed by atoms with Crippen LogP contribution in [0.1, 0.15) is 51.5 Å². The third kappa shape index (κ3) is 4.59. The zero-order chi connectivity index (χ0) is 14.4. The van der Waals surface area contributed by atoms with Crippen LogP contribution in [0, 0.1) is 17.7 Å². The van der Waals surface area contributed by atoms with Crippen LogP contribution in [0.3, 0.4) is 0 Å². The van der Waals surface area contributed by atoms with Gasteiger partial charge in [-0.1, -0.05) is 44.4 Å². The van der Waals surface area contributed by atoms with E-state index in [4.69, 9.17) is 0 Å². The van der Waals surface area contributed by atoms with Crippen molar-refractivity contribution in [2.75, 3.05) is 6.54 Å². The van der Waals surface area contributed by atoms with Gasteiger partial charge in [0.15, 0.2) is 0 Å². The number of hydrogen-bond donors (Lipinski definition) is 1.